The molecule has 1 aromatic heterocycles. The maximum absolute atomic E-state index is 9.89. The van der Waals surface area contributed by atoms with E-state index in [1.165, 1.54) is 27.9 Å². The number of aromatic nitrogens is 1. The molecule has 8 rings (SSSR count). The highest BCUT2D eigenvalue weighted by atomic mass is 15.2. The number of nitrogens with one attached hydrogen (secondary N) is 1. The molecule has 3 aliphatic rings. The normalized spacial score (nSPS) is 16.1. The number of nitrogens with zero attached hydrogens (tertiary/aromatic N) is 2. The van der Waals surface area contributed by atoms with E-state index in [4.69, 9.17) is 0 Å². The lowest BCUT2D eigenvalue weighted by Crippen LogP contribution is -2.34. The van der Waals surface area contributed by atoms with E-state index in [0.29, 0.717) is 5.84 Å². The summed E-state index contributed by atoms with van der Waals surface area (Å²) >= 11 is 0. The van der Waals surface area contributed by atoms with Gasteiger partial charge < -0.3 is 4.57 Å². The lowest BCUT2D eigenvalue weighted by molar-refractivity contribution is 0.950. The van der Waals surface area contributed by atoms with Crippen LogP contribution in [0.3, 0.4) is 0 Å². The van der Waals surface area contributed by atoms with Gasteiger partial charge >= 0.3 is 0 Å². The predicted octanol–water partition coefficient (Wildman–Crippen LogP) is 8.31. The molecule has 0 atom stereocenters. The van der Waals surface area contributed by atoms with Gasteiger partial charge in [0.1, 0.15) is 5.84 Å². The van der Waals surface area contributed by atoms with Gasteiger partial charge in [0.25, 0.3) is 0 Å². The van der Waals surface area contributed by atoms with Crippen molar-refractivity contribution in [1.29, 1.82) is 5.41 Å². The van der Waals surface area contributed by atoms with Crippen molar-refractivity contribution in [3.63, 3.8) is 0 Å². The van der Waals surface area contributed by atoms with Gasteiger partial charge in [-0.15, -0.1) is 0 Å². The summed E-state index contributed by atoms with van der Waals surface area (Å²) in [6, 6.07) is 29.8. The van der Waals surface area contributed by atoms with Crippen LogP contribution in [0, 0.1) is 5.41 Å². The molecule has 3 nitrogen and oxygen atoms in total. The molecule has 4 aromatic carbocycles. The summed E-state index contributed by atoms with van der Waals surface area (Å²) in [6.45, 7) is 8.61. The minimum absolute atomic E-state index is 0.509. The summed E-state index contributed by atoms with van der Waals surface area (Å²) in [4.78, 5) is 2.23. The molecule has 2 aliphatic carbocycles. The number of fused-ring (bicyclic) bond motifs is 4. The van der Waals surface area contributed by atoms with Crippen LogP contribution in [0.25, 0.3) is 40.9 Å². The number of hydrogen-bond acceptors (Lipinski definition) is 1. The smallest absolute Gasteiger partial charge is 0.140 e. The number of para-hydroxylation sites is 3. The topological polar surface area (TPSA) is 32.0 Å². The van der Waals surface area contributed by atoms with Crippen molar-refractivity contribution >= 4 is 52.4 Å². The molecule has 0 saturated heterocycles. The average Bonchev–Trinajstić information content (AvgIpc) is 3.50. The fourth-order valence-electron chi connectivity index (χ4n) is 6.87. The van der Waals surface area contributed by atoms with Crippen molar-refractivity contribution in [2.75, 3.05) is 4.90 Å². The zero-order valence-electron chi connectivity index (χ0n) is 24.3. The molecular formula is C39H35N3. The first kappa shape index (κ1) is 26.0. The van der Waals surface area contributed by atoms with E-state index in [1.54, 1.807) is 0 Å². The molecule has 0 fully saturated rings. The van der Waals surface area contributed by atoms with Crippen molar-refractivity contribution in [1.82, 2.24) is 4.57 Å². The summed E-state index contributed by atoms with van der Waals surface area (Å²) in [7, 11) is 0. The first-order valence-electron chi connectivity index (χ1n) is 15.1. The lowest BCUT2D eigenvalue weighted by Gasteiger charge is -2.30. The molecule has 0 unspecified atom stereocenters. The first-order chi connectivity index (χ1) is 20.7. The quantitative estimate of drug-likeness (QED) is 0.238. The van der Waals surface area contributed by atoms with E-state index < -0.39 is 0 Å². The Morgan fingerprint density at radius 2 is 1.50 bits per heavy atom. The maximum Gasteiger partial charge on any atom is 0.140 e. The molecule has 1 N–H and O–H groups in total. The summed E-state index contributed by atoms with van der Waals surface area (Å²) in [6.07, 6.45) is 13.2. The Hall–Kier alpha value is -4.89. The second-order valence-corrected chi connectivity index (χ2v) is 10.8. The van der Waals surface area contributed by atoms with Gasteiger partial charge in [-0.05, 0) is 66.6 Å². The minimum Gasteiger partial charge on any atom is -0.309 e. The third-order valence-electron chi connectivity index (χ3n) is 8.62. The van der Waals surface area contributed by atoms with Gasteiger partial charge in [-0.2, -0.15) is 0 Å². The van der Waals surface area contributed by atoms with Crippen molar-refractivity contribution in [3.8, 4) is 5.69 Å². The summed E-state index contributed by atoms with van der Waals surface area (Å²) in [5.41, 5.74) is 11.7. The van der Waals surface area contributed by atoms with E-state index >= 15 is 0 Å². The van der Waals surface area contributed by atoms with Crippen LogP contribution in [0.2, 0.25) is 0 Å². The molecule has 0 saturated carbocycles. The van der Waals surface area contributed by atoms with Gasteiger partial charge in [0.05, 0.1) is 27.8 Å². The monoisotopic (exact) mass is 545 g/mol. The van der Waals surface area contributed by atoms with Gasteiger partial charge in [-0.1, -0.05) is 105 Å². The fourth-order valence-corrected chi connectivity index (χ4v) is 6.87. The molecule has 1 aliphatic heterocycles. The van der Waals surface area contributed by atoms with E-state index in [1.807, 2.05) is 19.9 Å². The van der Waals surface area contributed by atoms with Crippen molar-refractivity contribution in [2.24, 2.45) is 0 Å². The molecule has 42 heavy (non-hydrogen) atoms. The Labute approximate surface area is 247 Å². The zero-order valence-corrected chi connectivity index (χ0v) is 24.3. The molecule has 0 bridgehead atoms. The molecule has 0 spiro atoms. The molecule has 0 radical (unpaired) electrons. The van der Waals surface area contributed by atoms with Gasteiger partial charge in [-0.25, -0.2) is 0 Å². The minimum atomic E-state index is 0.509. The lowest BCUT2D eigenvalue weighted by atomic mass is 9.85. The second kappa shape index (κ2) is 10.5. The molecule has 5 aromatic rings. The summed E-state index contributed by atoms with van der Waals surface area (Å²) in [5, 5.41) is 12.9. The predicted molar refractivity (Wildman–Crippen MR) is 179 cm³/mol. The van der Waals surface area contributed by atoms with Gasteiger partial charge in [0.15, 0.2) is 0 Å². The number of amidine groups is 1. The van der Waals surface area contributed by atoms with Crippen molar-refractivity contribution in [3.05, 3.63) is 135 Å². The highest BCUT2D eigenvalue weighted by Crippen LogP contribution is 2.47. The van der Waals surface area contributed by atoms with Crippen LogP contribution < -0.4 is 15.5 Å². The van der Waals surface area contributed by atoms with Crippen LogP contribution in [0.4, 0.5) is 11.4 Å². The van der Waals surface area contributed by atoms with Gasteiger partial charge in [-0.3, -0.25) is 10.3 Å². The van der Waals surface area contributed by atoms with Crippen LogP contribution >= 0.6 is 0 Å². The van der Waals surface area contributed by atoms with Crippen LogP contribution in [0.1, 0.15) is 54.5 Å². The number of rotatable bonds is 2. The molecule has 3 heteroatoms. The number of anilines is 2. The molecular weight excluding hydrogens is 510 g/mol. The Bertz CT molecular complexity index is 2040. The second-order valence-electron chi connectivity index (χ2n) is 10.8. The molecule has 2 heterocycles. The van der Waals surface area contributed by atoms with Crippen molar-refractivity contribution in [2.45, 2.75) is 39.5 Å². The van der Waals surface area contributed by atoms with Crippen molar-refractivity contribution < 1.29 is 0 Å². The van der Waals surface area contributed by atoms with Crippen LogP contribution in [0.15, 0.2) is 97.1 Å². The third kappa shape index (κ3) is 3.84. The van der Waals surface area contributed by atoms with E-state index in [9.17, 15) is 5.41 Å². The third-order valence-corrected chi connectivity index (χ3v) is 8.62. The largest absolute Gasteiger partial charge is 0.309 e. The number of benzene rings is 4. The van der Waals surface area contributed by atoms with Crippen LogP contribution in [-0.2, 0) is 12.8 Å². The number of aryl methyl sites for hydroxylation is 1. The maximum atomic E-state index is 9.89. The average molecular weight is 546 g/mol. The van der Waals surface area contributed by atoms with Gasteiger partial charge in [0, 0.05) is 27.4 Å². The standard InChI is InChI=1S/C37H29N3.C2H6/c1-24-28-17-9-11-21-32(28)39(27-15-3-2-4-16-27)35(24)34-31-20-10-12-22-33(31)40(37(34)38)36-29-18-7-5-13-25(29)23-26-14-6-8-19-30(26)36;1-2/h2-5,8-13,15-17,19-23,38H,1,6-7,14,18H2;1-2H3/b35-34+,38-37?;. The first-order valence-corrected chi connectivity index (χ1v) is 15.1. The summed E-state index contributed by atoms with van der Waals surface area (Å²) in [5.74, 6) is 0.509. The highest BCUT2D eigenvalue weighted by molar-refractivity contribution is 6.36. The Balaban J connectivity index is 0.00000141. The summed E-state index contributed by atoms with van der Waals surface area (Å²) < 4.78 is 2.29. The number of hydrogen-bond donors (Lipinski definition) is 1. The van der Waals surface area contributed by atoms with Crippen LogP contribution in [0.5, 0.6) is 0 Å². The number of allylic oxidation sites excluding steroid dienone is 2. The highest BCUT2D eigenvalue weighted by Gasteiger charge is 2.36. The zero-order chi connectivity index (χ0) is 28.8. The van der Waals surface area contributed by atoms with Crippen LogP contribution in [-0.4, -0.2) is 10.4 Å². The van der Waals surface area contributed by atoms with E-state index in [2.05, 4.69) is 119 Å². The molecule has 0 amide bonds. The fraction of sp³-hybridized carbons (Fsp3) is 0.154. The van der Waals surface area contributed by atoms with Gasteiger partial charge in [0.2, 0.25) is 0 Å². The Morgan fingerprint density at radius 3 is 2.36 bits per heavy atom. The molecule has 206 valence electrons. The van der Waals surface area contributed by atoms with E-state index in [0.717, 1.165) is 69.7 Å². The van der Waals surface area contributed by atoms with E-state index in [-0.39, 0.29) is 0 Å². The SMILES string of the molecule is C=c1/c(=C2\C(=N)N(c3c4c(cc5c3CCC=C5)CCC=C4)c3ccccc32)n(-c2ccccc2)c2ccccc12.CC. The Kier molecular flexibility index (Phi) is 6.51. The Morgan fingerprint density at radius 1 is 0.786 bits per heavy atom.